The topological polar surface area (TPSA) is 36.4 Å². The Hall–Kier alpha value is -1.57. The van der Waals surface area contributed by atoms with E-state index in [-0.39, 0.29) is 11.5 Å². The maximum Gasteiger partial charge on any atom is 0.413 e. The number of halogens is 4. The number of thiazole rings is 1. The van der Waals surface area contributed by atoms with Gasteiger partial charge >= 0.3 is 6.18 Å². The summed E-state index contributed by atoms with van der Waals surface area (Å²) in [6.07, 6.45) is 2.15. The second-order valence-electron chi connectivity index (χ2n) is 4.45. The number of aromatic nitrogens is 1. The molecule has 21 heavy (non-hydrogen) atoms. The maximum absolute atomic E-state index is 12.7. The van der Waals surface area contributed by atoms with Crippen LogP contribution in [0.4, 0.5) is 13.2 Å². The van der Waals surface area contributed by atoms with Crippen molar-refractivity contribution >= 4 is 34.6 Å². The smallest absolute Gasteiger partial charge is 0.285 e. The summed E-state index contributed by atoms with van der Waals surface area (Å²) in [5, 5.41) is 10.3. The molecule has 0 unspecified atom stereocenters. The Balaban J connectivity index is 2.06. The van der Waals surface area contributed by atoms with E-state index in [0.717, 1.165) is 11.1 Å². The minimum atomic E-state index is -4.34. The van der Waals surface area contributed by atoms with Gasteiger partial charge in [-0.3, -0.25) is 5.21 Å². The fraction of sp³-hybridized carbons (Fsp3) is 0.154. The molecule has 1 aliphatic heterocycles. The van der Waals surface area contributed by atoms with Crippen LogP contribution in [0.5, 0.6) is 0 Å². The molecule has 0 aromatic carbocycles. The quantitative estimate of drug-likeness (QED) is 0.792. The van der Waals surface area contributed by atoms with Gasteiger partial charge < -0.3 is 0 Å². The highest BCUT2D eigenvalue weighted by atomic mass is 35.5. The Labute approximate surface area is 126 Å². The van der Waals surface area contributed by atoms with Gasteiger partial charge in [0.1, 0.15) is 4.66 Å². The first kappa shape index (κ1) is 14.4. The molecule has 8 heteroatoms. The number of nitrogens with zero attached hydrogens (tertiary/aromatic N) is 2. The van der Waals surface area contributed by atoms with Gasteiger partial charge in [-0.15, -0.1) is 11.3 Å². The summed E-state index contributed by atoms with van der Waals surface area (Å²) in [6, 6.07) is 0. The minimum Gasteiger partial charge on any atom is -0.285 e. The zero-order valence-electron chi connectivity index (χ0n) is 10.4. The predicted octanol–water partition coefficient (Wildman–Crippen LogP) is 2.42. The van der Waals surface area contributed by atoms with Crippen molar-refractivity contribution in [2.24, 2.45) is 0 Å². The van der Waals surface area contributed by atoms with Gasteiger partial charge in [-0.1, -0.05) is 17.7 Å². The van der Waals surface area contributed by atoms with Crippen LogP contribution in [0.3, 0.4) is 0 Å². The molecule has 0 fully saturated rings. The number of hydrogen-bond donors (Lipinski definition) is 1. The highest BCUT2D eigenvalue weighted by Gasteiger charge is 2.34. The van der Waals surface area contributed by atoms with Crippen molar-refractivity contribution in [3.8, 4) is 0 Å². The molecule has 1 aliphatic carbocycles. The third-order valence-electron chi connectivity index (χ3n) is 3.01. The molecular formula is C13H8ClF3N2OS. The second-order valence-corrected chi connectivity index (χ2v) is 5.89. The molecule has 1 aromatic heterocycles. The number of hydroxylamine groups is 2. The van der Waals surface area contributed by atoms with Crippen molar-refractivity contribution < 1.29 is 18.4 Å². The van der Waals surface area contributed by atoms with E-state index in [1.54, 1.807) is 6.08 Å². The SMILES string of the molecule is ON1C=CC(=c2nc3c(s2)=CC=C(C(F)(F)F)C3)C(Cl)=C1. The highest BCUT2D eigenvalue weighted by molar-refractivity contribution is 7.07. The van der Waals surface area contributed by atoms with Crippen molar-refractivity contribution in [2.75, 3.05) is 0 Å². The Bertz CT molecular complexity index is 804. The van der Waals surface area contributed by atoms with E-state index in [1.165, 1.54) is 29.8 Å². The molecule has 3 rings (SSSR count). The van der Waals surface area contributed by atoms with E-state index in [1.807, 2.05) is 0 Å². The van der Waals surface area contributed by atoms with Gasteiger partial charge in [0.15, 0.2) is 0 Å². The van der Waals surface area contributed by atoms with Gasteiger partial charge in [0.2, 0.25) is 0 Å². The minimum absolute atomic E-state index is 0.240. The molecule has 3 nitrogen and oxygen atoms in total. The maximum atomic E-state index is 12.7. The largest absolute Gasteiger partial charge is 0.413 e. The van der Waals surface area contributed by atoms with Crippen molar-refractivity contribution in [3.05, 3.63) is 50.0 Å². The summed E-state index contributed by atoms with van der Waals surface area (Å²) >= 11 is 7.28. The Kier molecular flexibility index (Phi) is 3.43. The van der Waals surface area contributed by atoms with Gasteiger partial charge in [0, 0.05) is 23.8 Å². The number of rotatable bonds is 0. The normalized spacial score (nSPS) is 20.7. The van der Waals surface area contributed by atoms with Crippen LogP contribution in [-0.4, -0.2) is 21.4 Å². The molecule has 110 valence electrons. The molecule has 1 aromatic rings. The predicted molar refractivity (Wildman–Crippen MR) is 73.8 cm³/mol. The molecule has 0 amide bonds. The number of fused-ring (bicyclic) bond motifs is 1. The van der Waals surface area contributed by atoms with E-state index in [2.05, 4.69) is 4.98 Å². The van der Waals surface area contributed by atoms with E-state index in [4.69, 9.17) is 11.6 Å². The van der Waals surface area contributed by atoms with Crippen LogP contribution < -0.4 is 9.20 Å². The molecule has 2 aliphatic rings. The first-order valence-corrected chi connectivity index (χ1v) is 7.05. The summed E-state index contributed by atoms with van der Waals surface area (Å²) in [5.74, 6) is 0. The molecule has 0 atom stereocenters. The van der Waals surface area contributed by atoms with Crippen LogP contribution in [0, 0.1) is 0 Å². The Morgan fingerprint density at radius 1 is 1.33 bits per heavy atom. The highest BCUT2D eigenvalue weighted by Crippen LogP contribution is 2.29. The molecule has 0 radical (unpaired) electrons. The van der Waals surface area contributed by atoms with Crippen LogP contribution in [0.15, 0.2) is 35.2 Å². The lowest BCUT2D eigenvalue weighted by Crippen LogP contribution is -2.20. The summed E-state index contributed by atoms with van der Waals surface area (Å²) < 4.78 is 39.3. The van der Waals surface area contributed by atoms with Crippen molar-refractivity contribution in [3.63, 3.8) is 0 Å². The lowest BCUT2D eigenvalue weighted by Gasteiger charge is -2.12. The van der Waals surface area contributed by atoms with Crippen LogP contribution in [0.1, 0.15) is 5.69 Å². The molecule has 0 saturated carbocycles. The standard InChI is InChI=1S/C13H8ClF3N2OS/c14-9-6-19(20)4-3-8(9)12-18-10-5-7(13(15,16)17)1-2-11(10)21-12/h1-4,6,20H,5H2. The molecule has 1 N–H and O–H groups in total. The molecule has 0 spiro atoms. The van der Waals surface area contributed by atoms with Gasteiger partial charge in [0.05, 0.1) is 21.5 Å². The number of hydrogen-bond acceptors (Lipinski definition) is 4. The van der Waals surface area contributed by atoms with Gasteiger partial charge in [0.25, 0.3) is 0 Å². The summed E-state index contributed by atoms with van der Waals surface area (Å²) in [6.45, 7) is 0. The van der Waals surface area contributed by atoms with E-state index >= 15 is 0 Å². The fourth-order valence-corrected chi connectivity index (χ4v) is 3.31. The monoisotopic (exact) mass is 332 g/mol. The van der Waals surface area contributed by atoms with E-state index in [9.17, 15) is 18.4 Å². The molecule has 0 bridgehead atoms. The molecule has 2 heterocycles. The first-order chi connectivity index (χ1) is 9.84. The summed E-state index contributed by atoms with van der Waals surface area (Å²) in [7, 11) is 0. The zero-order valence-corrected chi connectivity index (χ0v) is 11.9. The van der Waals surface area contributed by atoms with E-state index in [0.29, 0.717) is 20.5 Å². The molecular weight excluding hydrogens is 325 g/mol. The summed E-state index contributed by atoms with van der Waals surface area (Å²) in [4.78, 5) is 4.25. The van der Waals surface area contributed by atoms with Gasteiger partial charge in [-0.05, 0) is 12.2 Å². The molecule has 0 saturated heterocycles. The van der Waals surface area contributed by atoms with Crippen LogP contribution in [0.2, 0.25) is 0 Å². The third kappa shape index (κ3) is 2.76. The van der Waals surface area contributed by atoms with E-state index < -0.39 is 11.7 Å². The fourth-order valence-electron chi connectivity index (χ4n) is 1.98. The van der Waals surface area contributed by atoms with Crippen molar-refractivity contribution in [1.29, 1.82) is 0 Å². The second kappa shape index (κ2) is 5.01. The van der Waals surface area contributed by atoms with Crippen molar-refractivity contribution in [2.45, 2.75) is 12.6 Å². The third-order valence-corrected chi connectivity index (χ3v) is 4.41. The Morgan fingerprint density at radius 3 is 2.76 bits per heavy atom. The zero-order chi connectivity index (χ0) is 15.2. The lowest BCUT2D eigenvalue weighted by atomic mass is 10.1. The van der Waals surface area contributed by atoms with Crippen molar-refractivity contribution in [1.82, 2.24) is 10.0 Å². The summed E-state index contributed by atoms with van der Waals surface area (Å²) in [5.41, 5.74) is 0.351. The number of alkyl halides is 3. The van der Waals surface area contributed by atoms with Crippen LogP contribution >= 0.6 is 22.9 Å². The van der Waals surface area contributed by atoms with Crippen LogP contribution in [0.25, 0.3) is 11.6 Å². The number of allylic oxidation sites excluding steroid dienone is 4. The van der Waals surface area contributed by atoms with Gasteiger partial charge in [-0.2, -0.15) is 13.2 Å². The van der Waals surface area contributed by atoms with Crippen LogP contribution in [-0.2, 0) is 6.42 Å². The average molecular weight is 333 g/mol. The Morgan fingerprint density at radius 2 is 2.10 bits per heavy atom. The first-order valence-electron chi connectivity index (χ1n) is 5.86. The van der Waals surface area contributed by atoms with Gasteiger partial charge in [-0.25, -0.2) is 10.0 Å². The lowest BCUT2D eigenvalue weighted by molar-refractivity contribution is -0.0932. The average Bonchev–Trinajstić information content (AvgIpc) is 2.79.